The van der Waals surface area contributed by atoms with Crippen LogP contribution in [0.5, 0.6) is 5.75 Å². The number of hydrogen-bond acceptors (Lipinski definition) is 4. The number of rotatable bonds is 5. The van der Waals surface area contributed by atoms with E-state index in [1.54, 1.807) is 12.1 Å². The number of halogens is 1. The average Bonchev–Trinajstić information content (AvgIpc) is 2.51. The second-order valence-corrected chi connectivity index (χ2v) is 4.52. The molecule has 2 aromatic carbocycles. The van der Waals surface area contributed by atoms with Crippen molar-refractivity contribution < 1.29 is 19.0 Å². The summed E-state index contributed by atoms with van der Waals surface area (Å²) in [5.74, 6) is -0.920. The Morgan fingerprint density at radius 3 is 2.67 bits per heavy atom. The van der Waals surface area contributed by atoms with Gasteiger partial charge in [-0.2, -0.15) is 0 Å². The summed E-state index contributed by atoms with van der Waals surface area (Å²) in [4.78, 5) is 11.9. The Balaban J connectivity index is 2.16. The van der Waals surface area contributed by atoms with Gasteiger partial charge in [-0.3, -0.25) is 5.32 Å². The number of carbonyl (C=O) groups excluding carboxylic acids is 1. The normalized spacial score (nSPS) is 11.9. The molecule has 0 spiro atoms. The Bertz CT molecular complexity index is 616. The number of methoxy groups -OCH3 is 1. The molecule has 0 aliphatic heterocycles. The lowest BCUT2D eigenvalue weighted by Gasteiger charge is -2.17. The van der Waals surface area contributed by atoms with Crippen molar-refractivity contribution in [2.75, 3.05) is 7.11 Å². The Hall–Kier alpha value is -2.40. The molecule has 0 radical (unpaired) electrons. The number of nitrogens with one attached hydrogen (secondary N) is 1. The lowest BCUT2D eigenvalue weighted by Crippen LogP contribution is -2.29. The number of benzene rings is 2. The fourth-order valence-electron chi connectivity index (χ4n) is 2.01. The molecule has 4 nitrogen and oxygen atoms in total. The maximum absolute atomic E-state index is 13.2. The summed E-state index contributed by atoms with van der Waals surface area (Å²) >= 11 is 0. The topological polar surface area (TPSA) is 58.6 Å². The van der Waals surface area contributed by atoms with Crippen molar-refractivity contribution in [3.63, 3.8) is 0 Å². The molecule has 0 aliphatic rings. The summed E-state index contributed by atoms with van der Waals surface area (Å²) in [6.07, 6.45) is 0. The molecule has 1 atom stereocenters. The maximum atomic E-state index is 13.2. The maximum Gasteiger partial charge on any atom is 0.327 e. The van der Waals surface area contributed by atoms with Crippen molar-refractivity contribution in [1.29, 1.82) is 0 Å². The van der Waals surface area contributed by atoms with Crippen molar-refractivity contribution in [3.05, 3.63) is 65.5 Å². The van der Waals surface area contributed by atoms with Gasteiger partial charge in [-0.1, -0.05) is 30.3 Å². The fraction of sp³-hybridized carbons (Fsp3) is 0.188. The SMILES string of the molecule is COC(=O)[C@H](NCc1cc(F)ccc1O)c1ccccc1. The Morgan fingerprint density at radius 1 is 1.29 bits per heavy atom. The highest BCUT2D eigenvalue weighted by molar-refractivity contribution is 5.77. The van der Waals surface area contributed by atoms with E-state index < -0.39 is 17.8 Å². The third-order valence-electron chi connectivity index (χ3n) is 3.11. The molecule has 2 N–H and O–H groups in total. The van der Waals surface area contributed by atoms with E-state index in [0.717, 1.165) is 5.56 Å². The molecule has 0 bridgehead atoms. The van der Waals surface area contributed by atoms with Gasteiger partial charge < -0.3 is 9.84 Å². The monoisotopic (exact) mass is 289 g/mol. The Kier molecular flexibility index (Phi) is 4.90. The number of carbonyl (C=O) groups is 1. The average molecular weight is 289 g/mol. The van der Waals surface area contributed by atoms with Crippen molar-refractivity contribution in [3.8, 4) is 5.75 Å². The minimum atomic E-state index is -0.682. The van der Waals surface area contributed by atoms with Crippen molar-refractivity contribution >= 4 is 5.97 Å². The Morgan fingerprint density at radius 2 is 2.00 bits per heavy atom. The number of hydrogen-bond donors (Lipinski definition) is 2. The van der Waals surface area contributed by atoms with Gasteiger partial charge in [0.2, 0.25) is 0 Å². The lowest BCUT2D eigenvalue weighted by molar-refractivity contribution is -0.143. The number of phenols is 1. The van der Waals surface area contributed by atoms with E-state index in [0.29, 0.717) is 5.56 Å². The van der Waals surface area contributed by atoms with Gasteiger partial charge >= 0.3 is 5.97 Å². The molecule has 0 amide bonds. The van der Waals surface area contributed by atoms with E-state index in [4.69, 9.17) is 4.74 Å². The highest BCUT2D eigenvalue weighted by Crippen LogP contribution is 2.20. The zero-order valence-electron chi connectivity index (χ0n) is 11.5. The molecular formula is C16H16FNO3. The molecular weight excluding hydrogens is 273 g/mol. The van der Waals surface area contributed by atoms with Crippen LogP contribution in [0, 0.1) is 5.82 Å². The van der Waals surface area contributed by atoms with E-state index in [1.807, 2.05) is 18.2 Å². The van der Waals surface area contributed by atoms with Crippen LogP contribution in [0.1, 0.15) is 17.2 Å². The van der Waals surface area contributed by atoms with Crippen LogP contribution in [0.3, 0.4) is 0 Å². The molecule has 0 fully saturated rings. The van der Waals surface area contributed by atoms with Crippen LogP contribution < -0.4 is 5.32 Å². The van der Waals surface area contributed by atoms with Gasteiger partial charge in [0.25, 0.3) is 0 Å². The lowest BCUT2D eigenvalue weighted by atomic mass is 10.1. The van der Waals surface area contributed by atoms with Gasteiger partial charge in [0.05, 0.1) is 7.11 Å². The number of ether oxygens (including phenoxy) is 1. The summed E-state index contributed by atoms with van der Waals surface area (Å²) in [6.45, 7) is 0.137. The van der Waals surface area contributed by atoms with E-state index in [9.17, 15) is 14.3 Å². The summed E-state index contributed by atoms with van der Waals surface area (Å²) in [7, 11) is 1.31. The van der Waals surface area contributed by atoms with Crippen LogP contribution in [0.4, 0.5) is 4.39 Å². The predicted molar refractivity (Wildman–Crippen MR) is 76.1 cm³/mol. The molecule has 0 aliphatic carbocycles. The minimum Gasteiger partial charge on any atom is -0.508 e. The zero-order valence-corrected chi connectivity index (χ0v) is 11.5. The molecule has 5 heteroatoms. The van der Waals surface area contributed by atoms with Gasteiger partial charge in [0.1, 0.15) is 17.6 Å². The highest BCUT2D eigenvalue weighted by atomic mass is 19.1. The summed E-state index contributed by atoms with van der Waals surface area (Å²) in [5, 5.41) is 12.7. The molecule has 0 aromatic heterocycles. The first-order chi connectivity index (χ1) is 10.1. The standard InChI is InChI=1S/C16H16FNO3/c1-21-16(20)15(11-5-3-2-4-6-11)18-10-12-9-13(17)7-8-14(12)19/h2-9,15,18-19H,10H2,1H3/t15-/m1/s1. The van der Waals surface area contributed by atoms with Crippen LogP contribution in [-0.2, 0) is 16.1 Å². The number of aromatic hydroxyl groups is 1. The first-order valence-electron chi connectivity index (χ1n) is 6.45. The highest BCUT2D eigenvalue weighted by Gasteiger charge is 2.21. The van der Waals surface area contributed by atoms with E-state index >= 15 is 0 Å². The third-order valence-corrected chi connectivity index (χ3v) is 3.11. The largest absolute Gasteiger partial charge is 0.508 e. The fourth-order valence-corrected chi connectivity index (χ4v) is 2.01. The van der Waals surface area contributed by atoms with Gasteiger partial charge in [-0.15, -0.1) is 0 Å². The van der Waals surface area contributed by atoms with Crippen LogP contribution in [0.15, 0.2) is 48.5 Å². The second-order valence-electron chi connectivity index (χ2n) is 4.52. The van der Waals surface area contributed by atoms with Crippen LogP contribution in [0.2, 0.25) is 0 Å². The second kappa shape index (κ2) is 6.85. The predicted octanol–water partition coefficient (Wildman–Crippen LogP) is 2.54. The van der Waals surface area contributed by atoms with E-state index in [2.05, 4.69) is 5.32 Å². The van der Waals surface area contributed by atoms with Crippen molar-refractivity contribution in [2.24, 2.45) is 0 Å². The van der Waals surface area contributed by atoms with Crippen LogP contribution in [0.25, 0.3) is 0 Å². The van der Waals surface area contributed by atoms with Gasteiger partial charge in [0.15, 0.2) is 0 Å². The van der Waals surface area contributed by atoms with Crippen molar-refractivity contribution in [1.82, 2.24) is 5.32 Å². The van der Waals surface area contributed by atoms with Crippen molar-refractivity contribution in [2.45, 2.75) is 12.6 Å². The number of esters is 1. The van der Waals surface area contributed by atoms with Gasteiger partial charge in [-0.25, -0.2) is 9.18 Å². The first kappa shape index (κ1) is 15.0. The molecule has 0 heterocycles. The molecule has 2 aromatic rings. The van der Waals surface area contributed by atoms with Gasteiger partial charge in [0, 0.05) is 12.1 Å². The van der Waals surface area contributed by atoms with E-state index in [-0.39, 0.29) is 12.3 Å². The zero-order chi connectivity index (χ0) is 15.2. The summed E-state index contributed by atoms with van der Waals surface area (Å²) < 4.78 is 18.0. The minimum absolute atomic E-state index is 0.0272. The Labute approximate surface area is 122 Å². The molecule has 2 rings (SSSR count). The van der Waals surface area contributed by atoms with Crippen LogP contribution >= 0.6 is 0 Å². The molecule has 21 heavy (non-hydrogen) atoms. The summed E-state index contributed by atoms with van der Waals surface area (Å²) in [6, 6.07) is 12.0. The first-order valence-corrected chi connectivity index (χ1v) is 6.45. The smallest absolute Gasteiger partial charge is 0.327 e. The number of phenolic OH excluding ortho intramolecular Hbond substituents is 1. The third kappa shape index (κ3) is 3.79. The molecule has 0 saturated heterocycles. The summed E-state index contributed by atoms with van der Waals surface area (Å²) in [5.41, 5.74) is 1.11. The van der Waals surface area contributed by atoms with E-state index in [1.165, 1.54) is 25.3 Å². The quantitative estimate of drug-likeness (QED) is 0.830. The molecule has 0 unspecified atom stereocenters. The van der Waals surface area contributed by atoms with Gasteiger partial charge in [-0.05, 0) is 23.8 Å². The molecule has 0 saturated carbocycles. The van der Waals surface area contributed by atoms with Crippen LogP contribution in [-0.4, -0.2) is 18.2 Å². The molecule has 110 valence electrons.